The fourth-order valence-electron chi connectivity index (χ4n) is 1.91. The molecule has 0 saturated carbocycles. The third-order valence-electron chi connectivity index (χ3n) is 2.66. The highest BCUT2D eigenvalue weighted by atomic mass is 16.5. The van der Waals surface area contributed by atoms with Gasteiger partial charge in [-0.25, -0.2) is 4.79 Å². The van der Waals surface area contributed by atoms with Crippen molar-refractivity contribution in [3.8, 4) is 0 Å². The second kappa shape index (κ2) is 7.94. The Bertz CT molecular complexity index is 323. The number of hydrogen-bond donors (Lipinski definition) is 2. The zero-order chi connectivity index (χ0) is 15.1. The van der Waals surface area contributed by atoms with Gasteiger partial charge >= 0.3 is 5.97 Å². The van der Waals surface area contributed by atoms with E-state index in [9.17, 15) is 9.59 Å². The van der Waals surface area contributed by atoms with Crippen LogP contribution in [0.3, 0.4) is 0 Å². The Balaban J connectivity index is 4.53. The van der Waals surface area contributed by atoms with Crippen LogP contribution in [0.15, 0.2) is 12.7 Å². The van der Waals surface area contributed by atoms with E-state index in [1.807, 2.05) is 27.7 Å². The largest absolute Gasteiger partial charge is 0.480 e. The van der Waals surface area contributed by atoms with E-state index in [-0.39, 0.29) is 19.1 Å². The second-order valence-electron chi connectivity index (χ2n) is 5.67. The Morgan fingerprint density at radius 3 is 2.42 bits per heavy atom. The minimum Gasteiger partial charge on any atom is -0.480 e. The van der Waals surface area contributed by atoms with Crippen LogP contribution in [0.2, 0.25) is 0 Å². The highest BCUT2D eigenvalue weighted by Crippen LogP contribution is 2.25. The Hall–Kier alpha value is -1.36. The first kappa shape index (κ1) is 17.6. The first-order chi connectivity index (χ1) is 8.70. The highest BCUT2D eigenvalue weighted by Gasteiger charge is 2.31. The maximum atomic E-state index is 12.1. The zero-order valence-electron chi connectivity index (χ0n) is 12.2. The Morgan fingerprint density at radius 2 is 2.00 bits per heavy atom. The molecule has 0 heterocycles. The summed E-state index contributed by atoms with van der Waals surface area (Å²) in [5, 5.41) is 11.6. The molecule has 1 unspecified atom stereocenters. The normalized spacial score (nSPS) is 13.1. The number of aliphatic carboxylic acids is 1. The lowest BCUT2D eigenvalue weighted by molar-refractivity contribution is -0.145. The molecule has 19 heavy (non-hydrogen) atoms. The average Bonchev–Trinajstić information content (AvgIpc) is 2.25. The number of amides is 1. The van der Waals surface area contributed by atoms with E-state index in [0.717, 1.165) is 0 Å². The zero-order valence-corrected chi connectivity index (χ0v) is 12.2. The number of carboxylic acid groups (broad SMARTS) is 1. The molecule has 0 aliphatic rings. The Morgan fingerprint density at radius 1 is 1.42 bits per heavy atom. The van der Waals surface area contributed by atoms with Gasteiger partial charge in [-0.15, -0.1) is 6.58 Å². The van der Waals surface area contributed by atoms with Gasteiger partial charge < -0.3 is 15.2 Å². The standard InChI is InChI=1S/C14H25NO4/c1-6-7-19-9-11(12(16)17)15-13(18)14(4,5)8-10(2)3/h6,10-11H,1,7-9H2,2-5H3,(H,15,18)(H,16,17). The van der Waals surface area contributed by atoms with Crippen LogP contribution in [0.1, 0.15) is 34.1 Å². The van der Waals surface area contributed by atoms with E-state index in [4.69, 9.17) is 9.84 Å². The van der Waals surface area contributed by atoms with Crippen molar-refractivity contribution in [3.05, 3.63) is 12.7 Å². The quantitative estimate of drug-likeness (QED) is 0.495. The number of hydrogen-bond acceptors (Lipinski definition) is 3. The molecule has 0 radical (unpaired) electrons. The number of ether oxygens (including phenoxy) is 1. The summed E-state index contributed by atoms with van der Waals surface area (Å²) in [7, 11) is 0. The van der Waals surface area contributed by atoms with Crippen molar-refractivity contribution in [1.82, 2.24) is 5.32 Å². The molecular formula is C14H25NO4. The number of nitrogens with one attached hydrogen (secondary N) is 1. The molecular weight excluding hydrogens is 246 g/mol. The van der Waals surface area contributed by atoms with E-state index in [1.165, 1.54) is 6.08 Å². The summed E-state index contributed by atoms with van der Waals surface area (Å²) >= 11 is 0. The number of carbonyl (C=O) groups excluding carboxylic acids is 1. The molecule has 0 rings (SSSR count). The van der Waals surface area contributed by atoms with E-state index >= 15 is 0 Å². The SMILES string of the molecule is C=CCOCC(NC(=O)C(C)(C)CC(C)C)C(=O)O. The van der Waals surface area contributed by atoms with E-state index in [0.29, 0.717) is 12.3 Å². The number of carbonyl (C=O) groups is 2. The van der Waals surface area contributed by atoms with Crippen LogP contribution in [0.4, 0.5) is 0 Å². The van der Waals surface area contributed by atoms with Crippen molar-refractivity contribution in [3.63, 3.8) is 0 Å². The van der Waals surface area contributed by atoms with Crippen LogP contribution in [0, 0.1) is 11.3 Å². The minimum atomic E-state index is -1.10. The van der Waals surface area contributed by atoms with Crippen LogP contribution in [0.5, 0.6) is 0 Å². The van der Waals surface area contributed by atoms with Crippen molar-refractivity contribution >= 4 is 11.9 Å². The van der Waals surface area contributed by atoms with Crippen LogP contribution >= 0.6 is 0 Å². The van der Waals surface area contributed by atoms with Gasteiger partial charge in [-0.05, 0) is 12.3 Å². The van der Waals surface area contributed by atoms with Crippen LogP contribution in [-0.2, 0) is 14.3 Å². The third kappa shape index (κ3) is 6.96. The lowest BCUT2D eigenvalue weighted by Gasteiger charge is -2.27. The van der Waals surface area contributed by atoms with Crippen molar-refractivity contribution in [2.75, 3.05) is 13.2 Å². The fourth-order valence-corrected chi connectivity index (χ4v) is 1.91. The first-order valence-corrected chi connectivity index (χ1v) is 6.43. The molecule has 0 aromatic carbocycles. The van der Waals surface area contributed by atoms with Crippen molar-refractivity contribution in [2.24, 2.45) is 11.3 Å². The molecule has 1 atom stereocenters. The van der Waals surface area contributed by atoms with Gasteiger partial charge in [0.05, 0.1) is 13.2 Å². The monoisotopic (exact) mass is 271 g/mol. The topological polar surface area (TPSA) is 75.6 Å². The molecule has 0 aromatic heterocycles. The van der Waals surface area contributed by atoms with Crippen molar-refractivity contribution in [2.45, 2.75) is 40.2 Å². The summed E-state index contributed by atoms with van der Waals surface area (Å²) in [5.74, 6) is -1.00. The predicted molar refractivity (Wildman–Crippen MR) is 73.8 cm³/mol. The van der Waals surface area contributed by atoms with Gasteiger partial charge in [0.15, 0.2) is 6.04 Å². The number of carboxylic acids is 1. The molecule has 2 N–H and O–H groups in total. The third-order valence-corrected chi connectivity index (χ3v) is 2.66. The Labute approximate surface area is 115 Å². The molecule has 5 heteroatoms. The lowest BCUT2D eigenvalue weighted by Crippen LogP contribution is -2.49. The molecule has 0 fully saturated rings. The molecule has 0 aliphatic heterocycles. The predicted octanol–water partition coefficient (Wildman–Crippen LogP) is 1.83. The molecule has 0 spiro atoms. The molecule has 110 valence electrons. The van der Waals surface area contributed by atoms with Gasteiger partial charge in [-0.1, -0.05) is 33.8 Å². The maximum absolute atomic E-state index is 12.1. The summed E-state index contributed by atoms with van der Waals surface area (Å²) in [6.07, 6.45) is 2.22. The summed E-state index contributed by atoms with van der Waals surface area (Å²) in [4.78, 5) is 23.2. The number of rotatable bonds is 9. The molecule has 5 nitrogen and oxygen atoms in total. The Kier molecular flexibility index (Phi) is 7.37. The van der Waals surface area contributed by atoms with Gasteiger partial charge in [0.1, 0.15) is 0 Å². The van der Waals surface area contributed by atoms with Gasteiger partial charge in [0, 0.05) is 5.41 Å². The van der Waals surface area contributed by atoms with Gasteiger partial charge in [0.25, 0.3) is 0 Å². The summed E-state index contributed by atoms with van der Waals surface area (Å²) in [5.41, 5.74) is -0.597. The summed E-state index contributed by atoms with van der Waals surface area (Å²) in [6, 6.07) is -1.03. The van der Waals surface area contributed by atoms with Gasteiger partial charge in [-0.3, -0.25) is 4.79 Å². The first-order valence-electron chi connectivity index (χ1n) is 6.43. The van der Waals surface area contributed by atoms with Crippen LogP contribution in [-0.4, -0.2) is 36.2 Å². The fraction of sp³-hybridized carbons (Fsp3) is 0.714. The smallest absolute Gasteiger partial charge is 0.328 e. The highest BCUT2D eigenvalue weighted by molar-refractivity contribution is 5.87. The lowest BCUT2D eigenvalue weighted by atomic mass is 9.83. The van der Waals surface area contributed by atoms with E-state index in [2.05, 4.69) is 11.9 Å². The molecule has 0 aromatic rings. The molecule has 0 saturated heterocycles. The molecule has 0 bridgehead atoms. The van der Waals surface area contributed by atoms with Crippen LogP contribution in [0.25, 0.3) is 0 Å². The minimum absolute atomic E-state index is 0.0646. The van der Waals surface area contributed by atoms with E-state index in [1.54, 1.807) is 0 Å². The molecule has 0 aliphatic carbocycles. The maximum Gasteiger partial charge on any atom is 0.328 e. The van der Waals surface area contributed by atoms with E-state index < -0.39 is 17.4 Å². The van der Waals surface area contributed by atoms with Crippen LogP contribution < -0.4 is 5.32 Å². The average molecular weight is 271 g/mol. The van der Waals surface area contributed by atoms with Crippen molar-refractivity contribution in [1.29, 1.82) is 0 Å². The molecule has 1 amide bonds. The summed E-state index contributed by atoms with van der Waals surface area (Å²) in [6.45, 7) is 11.3. The van der Waals surface area contributed by atoms with Crippen molar-refractivity contribution < 1.29 is 19.4 Å². The van der Waals surface area contributed by atoms with Gasteiger partial charge in [0.2, 0.25) is 5.91 Å². The van der Waals surface area contributed by atoms with Gasteiger partial charge in [-0.2, -0.15) is 0 Å². The second-order valence-corrected chi connectivity index (χ2v) is 5.67. The summed E-state index contributed by atoms with van der Waals surface area (Å²) < 4.78 is 5.09.